The third kappa shape index (κ3) is 3.12. The first kappa shape index (κ1) is 15.2. The lowest BCUT2D eigenvalue weighted by Gasteiger charge is -2.14. The van der Waals surface area contributed by atoms with Crippen LogP contribution in [-0.2, 0) is 12.7 Å². The van der Waals surface area contributed by atoms with E-state index in [2.05, 4.69) is 0 Å². The maximum Gasteiger partial charge on any atom is 0.416 e. The molecule has 1 aromatic carbocycles. The highest BCUT2D eigenvalue weighted by molar-refractivity contribution is 5.46. The van der Waals surface area contributed by atoms with Crippen molar-refractivity contribution in [2.75, 3.05) is 5.73 Å². The quantitative estimate of drug-likeness (QED) is 0.886. The predicted octanol–water partition coefficient (Wildman–Crippen LogP) is 2.88. The summed E-state index contributed by atoms with van der Waals surface area (Å²) in [5, 5.41) is 0. The van der Waals surface area contributed by atoms with Gasteiger partial charge in [-0.3, -0.25) is 9.13 Å². The van der Waals surface area contributed by atoms with Crippen molar-refractivity contribution in [1.29, 1.82) is 0 Å². The summed E-state index contributed by atoms with van der Waals surface area (Å²) in [5.41, 5.74) is 4.32. The lowest BCUT2D eigenvalue weighted by molar-refractivity contribution is -0.138. The molecule has 0 saturated heterocycles. The second-order valence-corrected chi connectivity index (χ2v) is 5.12. The monoisotopic (exact) mass is 299 g/mol. The molecular formula is C14H16F3N3O. The molecule has 2 N–H and O–H groups in total. The van der Waals surface area contributed by atoms with E-state index in [1.807, 2.05) is 13.8 Å². The molecule has 0 amide bonds. The Labute approximate surface area is 119 Å². The maximum atomic E-state index is 13.0. The first-order valence-corrected chi connectivity index (χ1v) is 6.43. The number of halogens is 3. The SMILES string of the molecule is CC(C)n1ccn(Cc2ccc(N)cc2C(F)(F)F)c1=O. The van der Waals surface area contributed by atoms with Gasteiger partial charge in [-0.1, -0.05) is 6.07 Å². The number of anilines is 1. The Kier molecular flexibility index (Phi) is 3.85. The minimum absolute atomic E-state index is 0.0142. The summed E-state index contributed by atoms with van der Waals surface area (Å²) in [6.07, 6.45) is -1.45. The minimum atomic E-state index is -4.51. The zero-order valence-corrected chi connectivity index (χ0v) is 11.7. The number of imidazole rings is 1. The Hall–Kier alpha value is -2.18. The zero-order chi connectivity index (χ0) is 15.8. The zero-order valence-electron chi connectivity index (χ0n) is 11.7. The molecule has 0 radical (unpaired) electrons. The van der Waals surface area contributed by atoms with Crippen LogP contribution >= 0.6 is 0 Å². The molecule has 21 heavy (non-hydrogen) atoms. The molecule has 2 aromatic rings. The van der Waals surface area contributed by atoms with Gasteiger partial charge in [0.1, 0.15) is 0 Å². The summed E-state index contributed by atoms with van der Waals surface area (Å²) in [6.45, 7) is 3.51. The van der Waals surface area contributed by atoms with Gasteiger partial charge in [0.25, 0.3) is 0 Å². The van der Waals surface area contributed by atoms with Crippen molar-refractivity contribution < 1.29 is 13.2 Å². The number of hydrogen-bond donors (Lipinski definition) is 1. The van der Waals surface area contributed by atoms with E-state index < -0.39 is 11.7 Å². The maximum absolute atomic E-state index is 13.0. The van der Waals surface area contributed by atoms with E-state index in [9.17, 15) is 18.0 Å². The molecule has 0 fully saturated rings. The molecule has 0 unspecified atom stereocenters. The predicted molar refractivity (Wildman–Crippen MR) is 74.0 cm³/mol. The normalized spacial score (nSPS) is 12.1. The summed E-state index contributed by atoms with van der Waals surface area (Å²) in [4.78, 5) is 12.1. The third-order valence-corrected chi connectivity index (χ3v) is 3.21. The molecular weight excluding hydrogens is 283 g/mol. The van der Waals surface area contributed by atoms with Gasteiger partial charge in [-0.15, -0.1) is 0 Å². The Balaban J connectivity index is 2.43. The second-order valence-electron chi connectivity index (χ2n) is 5.12. The molecule has 7 heteroatoms. The van der Waals surface area contributed by atoms with Crippen molar-refractivity contribution in [3.8, 4) is 0 Å². The van der Waals surface area contributed by atoms with Crippen molar-refractivity contribution in [2.45, 2.75) is 32.6 Å². The highest BCUT2D eigenvalue weighted by Crippen LogP contribution is 2.33. The molecule has 0 aliphatic rings. The van der Waals surface area contributed by atoms with Crippen molar-refractivity contribution in [1.82, 2.24) is 9.13 Å². The highest BCUT2D eigenvalue weighted by Gasteiger charge is 2.33. The van der Waals surface area contributed by atoms with Crippen LogP contribution in [0.25, 0.3) is 0 Å². The van der Waals surface area contributed by atoms with Crippen LogP contribution in [0.5, 0.6) is 0 Å². The van der Waals surface area contributed by atoms with Gasteiger partial charge in [-0.2, -0.15) is 13.2 Å². The summed E-state index contributed by atoms with van der Waals surface area (Å²) in [6, 6.07) is 3.54. The topological polar surface area (TPSA) is 52.9 Å². The summed E-state index contributed by atoms with van der Waals surface area (Å²) < 4.78 is 41.8. The van der Waals surface area contributed by atoms with E-state index in [0.717, 1.165) is 6.07 Å². The van der Waals surface area contributed by atoms with Crippen molar-refractivity contribution in [2.24, 2.45) is 0 Å². The lowest BCUT2D eigenvalue weighted by Crippen LogP contribution is -2.26. The molecule has 1 aromatic heterocycles. The van der Waals surface area contributed by atoms with E-state index >= 15 is 0 Å². The largest absolute Gasteiger partial charge is 0.416 e. The van der Waals surface area contributed by atoms with Gasteiger partial charge in [0.05, 0.1) is 12.1 Å². The van der Waals surface area contributed by atoms with Gasteiger partial charge in [-0.05, 0) is 31.5 Å². The lowest BCUT2D eigenvalue weighted by atomic mass is 10.1. The molecule has 114 valence electrons. The fraction of sp³-hybridized carbons (Fsp3) is 0.357. The fourth-order valence-electron chi connectivity index (χ4n) is 2.12. The van der Waals surface area contributed by atoms with Crippen LogP contribution in [0.4, 0.5) is 18.9 Å². The van der Waals surface area contributed by atoms with Crippen molar-refractivity contribution >= 4 is 5.69 Å². The standard InChI is InChI=1S/C14H16F3N3O/c1-9(2)20-6-5-19(13(20)21)8-10-3-4-11(18)7-12(10)14(15,16)17/h3-7,9H,8,18H2,1-2H3. The molecule has 0 aliphatic heterocycles. The van der Waals surface area contributed by atoms with Gasteiger partial charge in [0.2, 0.25) is 0 Å². The highest BCUT2D eigenvalue weighted by atomic mass is 19.4. The minimum Gasteiger partial charge on any atom is -0.399 e. The van der Waals surface area contributed by atoms with E-state index in [4.69, 9.17) is 5.73 Å². The number of alkyl halides is 3. The average Bonchev–Trinajstić information content (AvgIpc) is 2.72. The van der Waals surface area contributed by atoms with Gasteiger partial charge < -0.3 is 5.73 Å². The number of benzene rings is 1. The molecule has 1 heterocycles. The molecule has 0 atom stereocenters. The second kappa shape index (κ2) is 5.31. The number of aromatic nitrogens is 2. The van der Waals surface area contributed by atoms with Crippen LogP contribution < -0.4 is 11.4 Å². The third-order valence-electron chi connectivity index (χ3n) is 3.21. The van der Waals surface area contributed by atoms with Crippen LogP contribution in [0.2, 0.25) is 0 Å². The van der Waals surface area contributed by atoms with Gasteiger partial charge in [-0.25, -0.2) is 4.79 Å². The Bertz CT molecular complexity index is 698. The van der Waals surface area contributed by atoms with Crippen molar-refractivity contribution in [3.63, 3.8) is 0 Å². The molecule has 0 bridgehead atoms. The molecule has 0 saturated carbocycles. The first-order valence-electron chi connectivity index (χ1n) is 6.43. The van der Waals surface area contributed by atoms with E-state index in [0.29, 0.717) is 0 Å². The van der Waals surface area contributed by atoms with Gasteiger partial charge >= 0.3 is 11.9 Å². The Morgan fingerprint density at radius 1 is 1.24 bits per heavy atom. The van der Waals surface area contributed by atoms with Crippen LogP contribution in [0.1, 0.15) is 31.0 Å². The number of hydrogen-bond acceptors (Lipinski definition) is 2. The van der Waals surface area contributed by atoms with E-state index in [1.54, 1.807) is 6.20 Å². The van der Waals surface area contributed by atoms with Gasteiger partial charge in [0, 0.05) is 24.1 Å². The smallest absolute Gasteiger partial charge is 0.399 e. The fourth-order valence-corrected chi connectivity index (χ4v) is 2.12. The molecule has 0 aliphatic carbocycles. The van der Waals surface area contributed by atoms with E-state index in [1.165, 1.54) is 27.5 Å². The number of nitrogens with zero attached hydrogens (tertiary/aromatic N) is 2. The van der Waals surface area contributed by atoms with Crippen LogP contribution in [0, 0.1) is 0 Å². The summed E-state index contributed by atoms with van der Waals surface area (Å²) in [5.74, 6) is 0. The van der Waals surface area contributed by atoms with Crippen molar-refractivity contribution in [3.05, 3.63) is 52.2 Å². The molecule has 4 nitrogen and oxygen atoms in total. The molecule has 2 rings (SSSR count). The van der Waals surface area contributed by atoms with Crippen LogP contribution in [0.15, 0.2) is 35.4 Å². The summed E-state index contributed by atoms with van der Waals surface area (Å²) >= 11 is 0. The number of rotatable bonds is 3. The van der Waals surface area contributed by atoms with Gasteiger partial charge in [0.15, 0.2) is 0 Å². The first-order chi connectivity index (χ1) is 9.70. The number of nitrogens with two attached hydrogens (primary N) is 1. The average molecular weight is 299 g/mol. The Morgan fingerprint density at radius 3 is 2.43 bits per heavy atom. The van der Waals surface area contributed by atoms with Crippen LogP contribution in [0.3, 0.4) is 0 Å². The summed E-state index contributed by atoms with van der Waals surface area (Å²) in [7, 11) is 0. The molecule has 0 spiro atoms. The Morgan fingerprint density at radius 2 is 1.90 bits per heavy atom. The number of nitrogen functional groups attached to an aromatic ring is 1. The van der Waals surface area contributed by atoms with Crippen LogP contribution in [-0.4, -0.2) is 9.13 Å². The van der Waals surface area contributed by atoms with E-state index in [-0.39, 0.29) is 29.5 Å².